The fraction of sp³-hybridized carbons (Fsp3) is 0.385. The number of halogens is 2. The summed E-state index contributed by atoms with van der Waals surface area (Å²) in [5.41, 5.74) is 7.31. The zero-order valence-electron chi connectivity index (χ0n) is 10.9. The molecule has 0 saturated heterocycles. The molecule has 0 aliphatic carbocycles. The van der Waals surface area contributed by atoms with E-state index in [1.165, 1.54) is 11.5 Å². The minimum atomic E-state index is -0.549. The molecule has 6 heteroatoms. The highest BCUT2D eigenvalue weighted by Gasteiger charge is 2.27. The first-order valence-electron chi connectivity index (χ1n) is 5.84. The molecule has 2 aromatic rings. The summed E-state index contributed by atoms with van der Waals surface area (Å²) < 4.78 is 18.5. The van der Waals surface area contributed by atoms with Crippen LogP contribution in [0.4, 0.5) is 4.39 Å². The third-order valence-electron chi connectivity index (χ3n) is 2.82. The molecule has 0 spiro atoms. The van der Waals surface area contributed by atoms with Crippen LogP contribution in [0, 0.1) is 5.82 Å². The summed E-state index contributed by atoms with van der Waals surface area (Å²) in [7, 11) is 0. The van der Waals surface area contributed by atoms with Crippen LogP contribution >= 0.6 is 27.5 Å². The van der Waals surface area contributed by atoms with Gasteiger partial charge in [-0.3, -0.25) is 0 Å². The van der Waals surface area contributed by atoms with E-state index in [-0.39, 0.29) is 11.2 Å². The Labute approximate surface area is 124 Å². The van der Waals surface area contributed by atoms with Crippen molar-refractivity contribution in [2.75, 3.05) is 0 Å². The molecular weight excluding hydrogens is 329 g/mol. The standard InChI is InChI=1S/C13H15BrFN3S/c1-13(2,3)12-11(19-18-17-12)10(16)7-5-4-6-8(14)9(7)15/h4-6,10H,16H2,1-3H3. The van der Waals surface area contributed by atoms with Crippen LogP contribution in [0.1, 0.15) is 42.9 Å². The maximum atomic E-state index is 14.1. The highest BCUT2D eigenvalue weighted by molar-refractivity contribution is 9.10. The van der Waals surface area contributed by atoms with E-state index in [1.54, 1.807) is 18.2 Å². The van der Waals surface area contributed by atoms with Crippen molar-refractivity contribution in [2.45, 2.75) is 32.2 Å². The Bertz CT molecular complexity index is 592. The maximum Gasteiger partial charge on any atom is 0.142 e. The summed E-state index contributed by atoms with van der Waals surface area (Å²) in [5, 5.41) is 4.14. The predicted octanol–water partition coefficient (Wildman–Crippen LogP) is 3.79. The lowest BCUT2D eigenvalue weighted by Gasteiger charge is -2.20. The average molecular weight is 344 g/mol. The maximum absolute atomic E-state index is 14.1. The number of aromatic nitrogens is 2. The number of nitrogens with two attached hydrogens (primary N) is 1. The van der Waals surface area contributed by atoms with E-state index < -0.39 is 6.04 Å². The molecule has 102 valence electrons. The van der Waals surface area contributed by atoms with Gasteiger partial charge in [-0.1, -0.05) is 37.4 Å². The largest absolute Gasteiger partial charge is 0.319 e. The lowest BCUT2D eigenvalue weighted by molar-refractivity contribution is 0.551. The summed E-state index contributed by atoms with van der Waals surface area (Å²) >= 11 is 4.40. The molecule has 0 fully saturated rings. The van der Waals surface area contributed by atoms with Gasteiger partial charge >= 0.3 is 0 Å². The smallest absolute Gasteiger partial charge is 0.142 e. The van der Waals surface area contributed by atoms with Crippen molar-refractivity contribution in [2.24, 2.45) is 5.73 Å². The van der Waals surface area contributed by atoms with Crippen LogP contribution in [-0.2, 0) is 5.41 Å². The minimum absolute atomic E-state index is 0.164. The van der Waals surface area contributed by atoms with E-state index in [0.717, 1.165) is 10.6 Å². The molecular formula is C13H15BrFN3S. The Balaban J connectivity index is 2.48. The van der Waals surface area contributed by atoms with Gasteiger partial charge in [-0.15, -0.1) is 5.10 Å². The van der Waals surface area contributed by atoms with E-state index in [0.29, 0.717) is 10.0 Å². The van der Waals surface area contributed by atoms with Crippen LogP contribution in [0.5, 0.6) is 0 Å². The highest BCUT2D eigenvalue weighted by Crippen LogP contribution is 2.34. The van der Waals surface area contributed by atoms with Crippen molar-refractivity contribution in [3.05, 3.63) is 44.6 Å². The Hall–Kier alpha value is -0.850. The van der Waals surface area contributed by atoms with Crippen LogP contribution in [0.3, 0.4) is 0 Å². The van der Waals surface area contributed by atoms with Gasteiger partial charge < -0.3 is 5.73 Å². The average Bonchev–Trinajstić information content (AvgIpc) is 2.80. The van der Waals surface area contributed by atoms with Gasteiger partial charge in [0.1, 0.15) is 5.82 Å². The first-order valence-corrected chi connectivity index (χ1v) is 7.41. The number of hydrogen-bond acceptors (Lipinski definition) is 4. The molecule has 0 bridgehead atoms. The summed E-state index contributed by atoms with van der Waals surface area (Å²) in [6.45, 7) is 6.12. The molecule has 0 aliphatic heterocycles. The van der Waals surface area contributed by atoms with Crippen molar-refractivity contribution in [3.63, 3.8) is 0 Å². The molecule has 1 atom stereocenters. The molecule has 1 aromatic heterocycles. The highest BCUT2D eigenvalue weighted by atomic mass is 79.9. The summed E-state index contributed by atoms with van der Waals surface area (Å²) in [4.78, 5) is 0.810. The second-order valence-electron chi connectivity index (χ2n) is 5.36. The van der Waals surface area contributed by atoms with Crippen LogP contribution < -0.4 is 5.73 Å². The molecule has 2 N–H and O–H groups in total. The third-order valence-corrected chi connectivity index (χ3v) is 4.24. The van der Waals surface area contributed by atoms with Crippen LogP contribution in [0.2, 0.25) is 0 Å². The van der Waals surface area contributed by atoms with Gasteiger partial charge in [-0.25, -0.2) is 4.39 Å². The molecule has 2 rings (SSSR count). The number of nitrogens with zero attached hydrogens (tertiary/aromatic N) is 2. The van der Waals surface area contributed by atoms with Crippen molar-refractivity contribution in [3.8, 4) is 0 Å². The van der Waals surface area contributed by atoms with E-state index >= 15 is 0 Å². The van der Waals surface area contributed by atoms with Crippen molar-refractivity contribution in [1.82, 2.24) is 9.59 Å². The Morgan fingerprint density at radius 2 is 2.05 bits per heavy atom. The van der Waals surface area contributed by atoms with E-state index in [4.69, 9.17) is 5.73 Å². The fourth-order valence-electron chi connectivity index (χ4n) is 1.82. The first kappa shape index (κ1) is 14.6. The molecule has 1 heterocycles. The minimum Gasteiger partial charge on any atom is -0.319 e. The molecule has 0 amide bonds. The van der Waals surface area contributed by atoms with Gasteiger partial charge in [0.15, 0.2) is 0 Å². The normalized spacial score (nSPS) is 13.6. The molecule has 0 aliphatic rings. The number of rotatable bonds is 2. The lowest BCUT2D eigenvalue weighted by Crippen LogP contribution is -2.20. The van der Waals surface area contributed by atoms with Gasteiger partial charge in [0, 0.05) is 11.0 Å². The van der Waals surface area contributed by atoms with Gasteiger partial charge in [0.05, 0.1) is 21.1 Å². The predicted molar refractivity (Wildman–Crippen MR) is 78.7 cm³/mol. The zero-order valence-corrected chi connectivity index (χ0v) is 13.3. The molecule has 0 radical (unpaired) electrons. The first-order chi connectivity index (χ1) is 8.82. The molecule has 1 aromatic carbocycles. The van der Waals surface area contributed by atoms with E-state index in [9.17, 15) is 4.39 Å². The summed E-state index contributed by atoms with van der Waals surface area (Å²) in [6, 6.07) is 4.57. The second-order valence-corrected chi connectivity index (χ2v) is 7.00. The number of hydrogen-bond donors (Lipinski definition) is 1. The Kier molecular flexibility index (Phi) is 4.03. The monoisotopic (exact) mass is 343 g/mol. The summed E-state index contributed by atoms with van der Waals surface area (Å²) in [5.74, 6) is -0.330. The van der Waals surface area contributed by atoms with Gasteiger partial charge in [-0.2, -0.15) is 0 Å². The summed E-state index contributed by atoms with van der Waals surface area (Å²) in [6.07, 6.45) is 0. The Morgan fingerprint density at radius 1 is 1.37 bits per heavy atom. The van der Waals surface area contributed by atoms with Crippen LogP contribution in [-0.4, -0.2) is 9.59 Å². The lowest BCUT2D eigenvalue weighted by atomic mass is 9.89. The van der Waals surface area contributed by atoms with Crippen molar-refractivity contribution >= 4 is 27.5 Å². The third kappa shape index (κ3) is 2.85. The molecule has 19 heavy (non-hydrogen) atoms. The fourth-order valence-corrected chi connectivity index (χ4v) is 3.09. The van der Waals surface area contributed by atoms with Gasteiger partial charge in [-0.05, 0) is 33.5 Å². The van der Waals surface area contributed by atoms with E-state index in [1.807, 2.05) is 20.8 Å². The van der Waals surface area contributed by atoms with Crippen molar-refractivity contribution in [1.29, 1.82) is 0 Å². The quantitative estimate of drug-likeness (QED) is 0.902. The molecule has 3 nitrogen and oxygen atoms in total. The van der Waals surface area contributed by atoms with E-state index in [2.05, 4.69) is 25.5 Å². The number of benzene rings is 1. The Morgan fingerprint density at radius 3 is 2.68 bits per heavy atom. The second kappa shape index (κ2) is 5.26. The van der Waals surface area contributed by atoms with Gasteiger partial charge in [0.25, 0.3) is 0 Å². The van der Waals surface area contributed by atoms with Crippen LogP contribution in [0.15, 0.2) is 22.7 Å². The zero-order chi connectivity index (χ0) is 14.2. The van der Waals surface area contributed by atoms with Gasteiger partial charge in [0.2, 0.25) is 0 Å². The SMILES string of the molecule is CC(C)(C)c1nnsc1C(N)c1cccc(Br)c1F. The molecule has 0 saturated carbocycles. The molecule has 1 unspecified atom stereocenters. The van der Waals surface area contributed by atoms with Crippen molar-refractivity contribution < 1.29 is 4.39 Å². The topological polar surface area (TPSA) is 51.8 Å². The van der Waals surface area contributed by atoms with Crippen LogP contribution in [0.25, 0.3) is 0 Å².